The number of carbonyl (C=O) groups is 1. The Kier molecular flexibility index (Phi) is 8.28. The topological polar surface area (TPSA) is 82.6 Å². The summed E-state index contributed by atoms with van der Waals surface area (Å²) in [6.07, 6.45) is 2.80. The van der Waals surface area contributed by atoms with Gasteiger partial charge >= 0.3 is 0 Å². The van der Waals surface area contributed by atoms with Crippen LogP contribution in [-0.4, -0.2) is 67.2 Å². The zero-order valence-corrected chi connectivity index (χ0v) is 22.2. The lowest BCUT2D eigenvalue weighted by atomic mass is 10.0. The second kappa shape index (κ2) is 12.2. The van der Waals surface area contributed by atoms with Gasteiger partial charge in [-0.05, 0) is 35.9 Å². The predicted octanol–water partition coefficient (Wildman–Crippen LogP) is 5.21. The lowest BCUT2D eigenvalue weighted by molar-refractivity contribution is -0.111. The van der Waals surface area contributed by atoms with Crippen molar-refractivity contribution in [3.63, 3.8) is 0 Å². The molecule has 40 heavy (non-hydrogen) atoms. The number of nitrogens with one attached hydrogen (secondary N) is 2. The number of halogens is 2. The van der Waals surface area contributed by atoms with Crippen molar-refractivity contribution in [2.24, 2.45) is 0 Å². The number of para-hydroxylation sites is 1. The number of methoxy groups -OCH3 is 1. The molecule has 0 atom stereocenters. The van der Waals surface area contributed by atoms with Crippen LogP contribution in [0.3, 0.4) is 0 Å². The van der Waals surface area contributed by atoms with Crippen molar-refractivity contribution >= 4 is 39.8 Å². The van der Waals surface area contributed by atoms with Crippen molar-refractivity contribution in [1.82, 2.24) is 14.9 Å². The molecule has 1 aromatic heterocycles. The number of aromatic nitrogens is 2. The summed E-state index contributed by atoms with van der Waals surface area (Å²) >= 11 is 0. The third kappa shape index (κ3) is 6.08. The Bertz CT molecular complexity index is 1520. The van der Waals surface area contributed by atoms with Crippen LogP contribution in [0, 0.1) is 11.6 Å². The van der Waals surface area contributed by atoms with Crippen LogP contribution in [0.4, 0.5) is 31.8 Å². The van der Waals surface area contributed by atoms with Gasteiger partial charge in [0.15, 0.2) is 11.6 Å². The zero-order chi connectivity index (χ0) is 28.1. The first-order valence-electron chi connectivity index (χ1n) is 13.0. The molecular formula is C30H30F2N6O2. The van der Waals surface area contributed by atoms with Gasteiger partial charge in [0.25, 0.3) is 0 Å². The number of benzene rings is 3. The van der Waals surface area contributed by atoms with Crippen molar-refractivity contribution in [3.8, 4) is 11.1 Å². The maximum Gasteiger partial charge on any atom is 0.247 e. The molecule has 3 aromatic carbocycles. The Morgan fingerprint density at radius 2 is 1.82 bits per heavy atom. The van der Waals surface area contributed by atoms with E-state index in [2.05, 4.69) is 32.1 Å². The van der Waals surface area contributed by atoms with Crippen LogP contribution in [0.5, 0.6) is 0 Å². The van der Waals surface area contributed by atoms with Crippen molar-refractivity contribution in [2.75, 3.05) is 62.0 Å². The van der Waals surface area contributed by atoms with Gasteiger partial charge in [0, 0.05) is 68.4 Å². The summed E-state index contributed by atoms with van der Waals surface area (Å²) in [5, 5.41) is 6.24. The fourth-order valence-electron chi connectivity index (χ4n) is 4.73. The number of fused-ring (bicyclic) bond motifs is 1. The average Bonchev–Trinajstić information content (AvgIpc) is 2.97. The Hall–Kier alpha value is -4.41. The van der Waals surface area contributed by atoms with Gasteiger partial charge in [0.05, 0.1) is 12.1 Å². The molecule has 1 amide bonds. The maximum absolute atomic E-state index is 15.2. The largest absolute Gasteiger partial charge is 0.383 e. The van der Waals surface area contributed by atoms with E-state index < -0.39 is 11.6 Å². The lowest BCUT2D eigenvalue weighted by Crippen LogP contribution is -2.47. The SMILES string of the molecule is C=CC(=O)Nc1cccc(-c2cccc3cnc(Nc4c(F)cc(N5CCN(CCOC)CC5)cc4F)nc23)c1. The van der Waals surface area contributed by atoms with Crippen LogP contribution in [-0.2, 0) is 9.53 Å². The molecule has 10 heteroatoms. The van der Waals surface area contributed by atoms with Gasteiger partial charge < -0.3 is 20.3 Å². The number of ether oxygens (including phenoxy) is 1. The molecule has 0 radical (unpaired) electrons. The van der Waals surface area contributed by atoms with Crippen LogP contribution in [0.2, 0.25) is 0 Å². The van der Waals surface area contributed by atoms with Gasteiger partial charge in [-0.3, -0.25) is 9.69 Å². The van der Waals surface area contributed by atoms with Crippen molar-refractivity contribution in [1.29, 1.82) is 0 Å². The Balaban J connectivity index is 1.38. The quantitative estimate of drug-likeness (QED) is 0.280. The summed E-state index contributed by atoms with van der Waals surface area (Å²) in [5.74, 6) is -1.70. The number of hydrogen-bond acceptors (Lipinski definition) is 7. The van der Waals surface area contributed by atoms with Gasteiger partial charge in [-0.2, -0.15) is 0 Å². The standard InChI is InChI=1S/C30H30F2N6O2/c1-3-27(39)34-22-8-4-6-20(16-22)24-9-5-7-21-19-33-30(35-28(21)24)36-29-25(31)17-23(18-26(29)32)38-12-10-37(11-13-38)14-15-40-2/h3-9,16-19H,1,10-15H2,2H3,(H,34,39)(H,33,35,36). The van der Waals surface area contributed by atoms with Gasteiger partial charge in [0.1, 0.15) is 5.69 Å². The van der Waals surface area contributed by atoms with Gasteiger partial charge in [-0.15, -0.1) is 0 Å². The summed E-state index contributed by atoms with van der Waals surface area (Å²) in [5.41, 5.74) is 2.97. The van der Waals surface area contributed by atoms with E-state index in [4.69, 9.17) is 4.74 Å². The van der Waals surface area contributed by atoms with Crippen molar-refractivity contribution < 1.29 is 18.3 Å². The number of rotatable bonds is 9. The first kappa shape index (κ1) is 27.2. The normalized spacial score (nSPS) is 13.8. The molecule has 1 aliphatic heterocycles. The summed E-state index contributed by atoms with van der Waals surface area (Å²) in [6, 6.07) is 15.6. The highest BCUT2D eigenvalue weighted by Gasteiger charge is 2.21. The molecule has 0 unspecified atom stereocenters. The Morgan fingerprint density at radius 1 is 1.07 bits per heavy atom. The molecular weight excluding hydrogens is 514 g/mol. The second-order valence-corrected chi connectivity index (χ2v) is 9.44. The summed E-state index contributed by atoms with van der Waals surface area (Å²) in [6.45, 7) is 7.90. The molecule has 2 heterocycles. The molecule has 8 nitrogen and oxygen atoms in total. The van der Waals surface area contributed by atoms with Crippen molar-refractivity contribution in [3.05, 3.63) is 85.1 Å². The molecule has 0 bridgehead atoms. The smallest absolute Gasteiger partial charge is 0.247 e. The molecule has 0 spiro atoms. The second-order valence-electron chi connectivity index (χ2n) is 9.44. The van der Waals surface area contributed by atoms with Crippen molar-refractivity contribution in [2.45, 2.75) is 0 Å². The molecule has 0 aliphatic carbocycles. The molecule has 5 rings (SSSR count). The zero-order valence-electron chi connectivity index (χ0n) is 22.2. The summed E-state index contributed by atoms with van der Waals surface area (Å²) < 4.78 is 35.5. The first-order valence-corrected chi connectivity index (χ1v) is 13.0. The minimum Gasteiger partial charge on any atom is -0.383 e. The first-order chi connectivity index (χ1) is 19.4. The third-order valence-electron chi connectivity index (χ3n) is 6.85. The predicted molar refractivity (Wildman–Crippen MR) is 154 cm³/mol. The van der Waals surface area contributed by atoms with Gasteiger partial charge in [-0.1, -0.05) is 36.9 Å². The van der Waals surface area contributed by atoms with E-state index in [1.54, 1.807) is 19.4 Å². The van der Waals surface area contributed by atoms with Gasteiger partial charge in [0.2, 0.25) is 11.9 Å². The fourth-order valence-corrected chi connectivity index (χ4v) is 4.73. The number of piperazine rings is 1. The number of carbonyl (C=O) groups excluding carboxylic acids is 1. The molecule has 2 N–H and O–H groups in total. The Labute approximate surface area is 231 Å². The molecule has 1 aliphatic rings. The summed E-state index contributed by atoms with van der Waals surface area (Å²) in [7, 11) is 1.67. The average molecular weight is 545 g/mol. The number of amides is 1. The van der Waals surface area contributed by atoms with E-state index >= 15 is 8.78 Å². The lowest BCUT2D eigenvalue weighted by Gasteiger charge is -2.36. The molecule has 1 fully saturated rings. The minimum absolute atomic E-state index is 0.0633. The maximum atomic E-state index is 15.2. The number of nitrogens with zero attached hydrogens (tertiary/aromatic N) is 4. The number of hydrogen-bond donors (Lipinski definition) is 2. The molecule has 0 saturated carbocycles. The number of anilines is 4. The fraction of sp³-hybridized carbons (Fsp3) is 0.233. The monoisotopic (exact) mass is 544 g/mol. The minimum atomic E-state index is -0.723. The van der Waals surface area contributed by atoms with Crippen LogP contribution in [0.15, 0.2) is 73.4 Å². The van der Waals surface area contributed by atoms with E-state index in [0.717, 1.165) is 36.1 Å². The van der Waals surface area contributed by atoms with E-state index in [1.807, 2.05) is 41.3 Å². The Morgan fingerprint density at radius 3 is 2.55 bits per heavy atom. The van der Waals surface area contributed by atoms with Gasteiger partial charge in [-0.25, -0.2) is 18.7 Å². The van der Waals surface area contributed by atoms with Crippen LogP contribution in [0.25, 0.3) is 22.0 Å². The highest BCUT2D eigenvalue weighted by Crippen LogP contribution is 2.32. The third-order valence-corrected chi connectivity index (χ3v) is 6.85. The highest BCUT2D eigenvalue weighted by atomic mass is 19.1. The van der Waals surface area contributed by atoms with E-state index in [1.165, 1.54) is 18.2 Å². The molecule has 206 valence electrons. The molecule has 4 aromatic rings. The molecule has 1 saturated heterocycles. The highest BCUT2D eigenvalue weighted by molar-refractivity contribution is 6.00. The van der Waals surface area contributed by atoms with Crippen LogP contribution in [0.1, 0.15) is 0 Å². The summed E-state index contributed by atoms with van der Waals surface area (Å²) in [4.78, 5) is 24.9. The van der Waals surface area contributed by atoms with E-state index in [-0.39, 0.29) is 17.5 Å². The van der Waals surface area contributed by atoms with Crippen LogP contribution < -0.4 is 15.5 Å². The van der Waals surface area contributed by atoms with E-state index in [9.17, 15) is 4.79 Å². The van der Waals surface area contributed by atoms with E-state index in [0.29, 0.717) is 36.6 Å². The van der Waals surface area contributed by atoms with Crippen LogP contribution >= 0.6 is 0 Å².